The Hall–Kier alpha value is -2.74. The number of hydrogen-bond acceptors (Lipinski definition) is 5. The van der Waals surface area contributed by atoms with Gasteiger partial charge in [-0.05, 0) is 69.2 Å². The number of fused-ring (bicyclic) bond motifs is 3. The van der Waals surface area contributed by atoms with E-state index in [1.54, 1.807) is 13.2 Å². The van der Waals surface area contributed by atoms with Gasteiger partial charge < -0.3 is 14.8 Å². The number of allylic oxidation sites excluding steroid dienone is 2. The summed E-state index contributed by atoms with van der Waals surface area (Å²) in [6.07, 6.45) is 5.09. The molecular weight excluding hydrogens is 555 g/mol. The molecule has 0 bridgehead atoms. The lowest BCUT2D eigenvalue weighted by Gasteiger charge is -2.38. The molecule has 35 heavy (non-hydrogen) atoms. The number of nitrogens with zero attached hydrogens (tertiary/aromatic N) is 1. The normalized spacial score (nSPS) is 20.1. The molecule has 5 rings (SSSR count). The summed E-state index contributed by atoms with van der Waals surface area (Å²) in [6, 6.07) is 14.4. The topological polar surface area (TPSA) is 73.6 Å². The Bertz CT molecular complexity index is 1330. The predicted molar refractivity (Wildman–Crippen MR) is 141 cm³/mol. The SMILES string of the molecule is COc1cc([C@@H]2Nc3c(Cl)cc([N+](=O)[O-])cc3[C@H]3C=CC[C@H]32)cc(Br)c1OCc1ccc(Cl)cc1. The minimum Gasteiger partial charge on any atom is -0.493 e. The van der Waals surface area contributed by atoms with Crippen LogP contribution in [0.4, 0.5) is 11.4 Å². The van der Waals surface area contributed by atoms with Gasteiger partial charge in [0.05, 0.1) is 33.3 Å². The molecule has 0 spiro atoms. The molecule has 3 aromatic rings. The number of nitrogens with one attached hydrogen (secondary N) is 1. The average molecular weight is 576 g/mol. The van der Waals surface area contributed by atoms with E-state index in [9.17, 15) is 10.1 Å². The van der Waals surface area contributed by atoms with Crippen LogP contribution in [-0.4, -0.2) is 12.0 Å². The summed E-state index contributed by atoms with van der Waals surface area (Å²) in [7, 11) is 1.61. The van der Waals surface area contributed by atoms with Crippen LogP contribution in [0.2, 0.25) is 10.0 Å². The lowest BCUT2D eigenvalue weighted by Crippen LogP contribution is -2.29. The fourth-order valence-corrected chi connectivity index (χ4v) is 5.85. The molecule has 180 valence electrons. The molecule has 1 aliphatic heterocycles. The molecule has 2 aliphatic rings. The van der Waals surface area contributed by atoms with Gasteiger partial charge in [0.2, 0.25) is 0 Å². The molecule has 0 saturated carbocycles. The highest BCUT2D eigenvalue weighted by atomic mass is 79.9. The average Bonchev–Trinajstić information content (AvgIpc) is 3.34. The number of non-ortho nitro benzene ring substituents is 1. The van der Waals surface area contributed by atoms with Gasteiger partial charge in [-0.2, -0.15) is 0 Å². The highest BCUT2D eigenvalue weighted by Crippen LogP contribution is 2.53. The van der Waals surface area contributed by atoms with Crippen molar-refractivity contribution in [3.63, 3.8) is 0 Å². The number of hydrogen-bond donors (Lipinski definition) is 1. The first-order chi connectivity index (χ1) is 16.9. The van der Waals surface area contributed by atoms with Gasteiger partial charge in [-0.15, -0.1) is 0 Å². The Morgan fingerprint density at radius 1 is 1.17 bits per heavy atom. The van der Waals surface area contributed by atoms with E-state index in [0.717, 1.165) is 33.3 Å². The summed E-state index contributed by atoms with van der Waals surface area (Å²) in [5.41, 5.74) is 3.58. The second-order valence-corrected chi connectivity index (χ2v) is 10.3. The molecule has 0 saturated heterocycles. The molecule has 0 aromatic heterocycles. The van der Waals surface area contributed by atoms with E-state index in [1.165, 1.54) is 6.07 Å². The molecule has 0 fully saturated rings. The molecule has 0 unspecified atom stereocenters. The van der Waals surface area contributed by atoms with E-state index in [1.807, 2.05) is 36.4 Å². The van der Waals surface area contributed by atoms with E-state index >= 15 is 0 Å². The van der Waals surface area contributed by atoms with Gasteiger partial charge >= 0.3 is 0 Å². The summed E-state index contributed by atoms with van der Waals surface area (Å²) in [5.74, 6) is 1.42. The third-order valence-electron chi connectivity index (χ3n) is 6.52. The zero-order valence-corrected chi connectivity index (χ0v) is 21.7. The maximum absolute atomic E-state index is 11.4. The van der Waals surface area contributed by atoms with Gasteiger partial charge in [0.1, 0.15) is 6.61 Å². The van der Waals surface area contributed by atoms with Crippen molar-refractivity contribution in [2.24, 2.45) is 5.92 Å². The third-order valence-corrected chi connectivity index (χ3v) is 7.66. The van der Waals surface area contributed by atoms with Gasteiger partial charge in [0, 0.05) is 23.1 Å². The van der Waals surface area contributed by atoms with Crippen molar-refractivity contribution in [1.82, 2.24) is 0 Å². The molecule has 0 amide bonds. The largest absolute Gasteiger partial charge is 0.493 e. The van der Waals surface area contributed by atoms with Gasteiger partial charge in [-0.1, -0.05) is 47.5 Å². The van der Waals surface area contributed by atoms with E-state index in [-0.39, 0.29) is 23.6 Å². The van der Waals surface area contributed by atoms with Crippen LogP contribution in [0.15, 0.2) is 65.2 Å². The minimum absolute atomic E-state index is 0.000322. The van der Waals surface area contributed by atoms with E-state index < -0.39 is 4.92 Å². The molecule has 6 nitrogen and oxygen atoms in total. The fourth-order valence-electron chi connectivity index (χ4n) is 4.87. The van der Waals surface area contributed by atoms with Crippen molar-refractivity contribution in [2.45, 2.75) is 25.0 Å². The van der Waals surface area contributed by atoms with Gasteiger partial charge in [0.25, 0.3) is 5.69 Å². The first-order valence-electron chi connectivity index (χ1n) is 11.0. The minimum atomic E-state index is -0.406. The van der Waals surface area contributed by atoms with E-state index in [2.05, 4.69) is 33.4 Å². The Kier molecular flexibility index (Phi) is 6.66. The van der Waals surface area contributed by atoms with Crippen molar-refractivity contribution < 1.29 is 14.4 Å². The Morgan fingerprint density at radius 3 is 2.66 bits per heavy atom. The summed E-state index contributed by atoms with van der Waals surface area (Å²) >= 11 is 16.1. The Morgan fingerprint density at radius 2 is 1.94 bits per heavy atom. The molecule has 3 aromatic carbocycles. The maximum Gasteiger partial charge on any atom is 0.271 e. The summed E-state index contributed by atoms with van der Waals surface area (Å²) in [6.45, 7) is 0.365. The van der Waals surface area contributed by atoms with Crippen LogP contribution >= 0.6 is 39.1 Å². The smallest absolute Gasteiger partial charge is 0.271 e. The van der Waals surface area contributed by atoms with Crippen LogP contribution in [0.3, 0.4) is 0 Å². The number of nitro groups is 1. The molecular formula is C26H21BrCl2N2O4. The van der Waals surface area contributed by atoms with Crippen LogP contribution in [-0.2, 0) is 6.61 Å². The van der Waals surface area contributed by atoms with E-state index in [0.29, 0.717) is 28.2 Å². The number of halogens is 3. The summed E-state index contributed by atoms with van der Waals surface area (Å²) < 4.78 is 12.6. The zero-order chi connectivity index (χ0) is 24.7. The van der Waals surface area contributed by atoms with Crippen LogP contribution in [0, 0.1) is 16.0 Å². The van der Waals surface area contributed by atoms with Crippen molar-refractivity contribution >= 4 is 50.5 Å². The van der Waals surface area contributed by atoms with E-state index in [4.69, 9.17) is 32.7 Å². The van der Waals surface area contributed by atoms with Crippen molar-refractivity contribution in [1.29, 1.82) is 0 Å². The van der Waals surface area contributed by atoms with Crippen molar-refractivity contribution in [3.8, 4) is 11.5 Å². The number of nitro benzene ring substituents is 1. The molecule has 9 heteroatoms. The third kappa shape index (κ3) is 4.60. The predicted octanol–water partition coefficient (Wildman–Crippen LogP) is 8.08. The highest BCUT2D eigenvalue weighted by Gasteiger charge is 2.40. The fraction of sp³-hybridized carbons (Fsp3) is 0.231. The van der Waals surface area contributed by atoms with Crippen molar-refractivity contribution in [2.75, 3.05) is 12.4 Å². The number of ether oxygens (including phenoxy) is 2. The Labute approximate surface area is 221 Å². The Balaban J connectivity index is 1.47. The monoisotopic (exact) mass is 574 g/mol. The van der Waals surface area contributed by atoms with Gasteiger partial charge in [-0.3, -0.25) is 10.1 Å². The second-order valence-electron chi connectivity index (χ2n) is 8.57. The summed E-state index contributed by atoms with van der Waals surface area (Å²) in [5, 5.41) is 16.0. The lowest BCUT2D eigenvalue weighted by atomic mass is 9.77. The molecule has 1 N–H and O–H groups in total. The quantitative estimate of drug-likeness (QED) is 0.183. The van der Waals surface area contributed by atoms with Crippen molar-refractivity contribution in [3.05, 3.63) is 102 Å². The number of benzene rings is 3. The maximum atomic E-state index is 11.4. The molecule has 1 heterocycles. The molecule has 1 aliphatic carbocycles. The second kappa shape index (κ2) is 9.72. The zero-order valence-electron chi connectivity index (χ0n) is 18.6. The van der Waals surface area contributed by atoms with Gasteiger partial charge in [-0.25, -0.2) is 0 Å². The van der Waals surface area contributed by atoms with Gasteiger partial charge in [0.15, 0.2) is 11.5 Å². The summed E-state index contributed by atoms with van der Waals surface area (Å²) in [4.78, 5) is 11.0. The highest BCUT2D eigenvalue weighted by molar-refractivity contribution is 9.10. The van der Waals surface area contributed by atoms with Crippen LogP contribution in [0.5, 0.6) is 11.5 Å². The molecule has 0 radical (unpaired) electrons. The van der Waals surface area contributed by atoms with Crippen LogP contribution in [0.25, 0.3) is 0 Å². The first kappa shape index (κ1) is 24.0. The van der Waals surface area contributed by atoms with Crippen LogP contribution in [0.1, 0.15) is 35.1 Å². The first-order valence-corrected chi connectivity index (χ1v) is 12.6. The molecule has 3 atom stereocenters. The number of rotatable bonds is 6. The lowest BCUT2D eigenvalue weighted by molar-refractivity contribution is -0.384. The number of methoxy groups -OCH3 is 1. The van der Waals surface area contributed by atoms with Crippen LogP contribution < -0.4 is 14.8 Å². The standard InChI is InChI=1S/C26H21BrCl2N2O4/c1-34-23-10-15(9-21(27)26(23)35-13-14-5-7-16(28)8-6-14)24-19-4-2-3-18(19)20-11-17(31(32)33)12-22(29)25(20)30-24/h2-3,5-12,18-19,24,30H,4,13H2,1H3/t18-,19+,24-/m0/s1. The number of anilines is 1.